The molecule has 3 nitrogen and oxygen atoms in total. The first-order valence-corrected chi connectivity index (χ1v) is 7.59. The second-order valence-corrected chi connectivity index (χ2v) is 6.33. The molecule has 1 amide bonds. The molecule has 0 bridgehead atoms. The highest BCUT2D eigenvalue weighted by Gasteiger charge is 2.31. The van der Waals surface area contributed by atoms with Gasteiger partial charge in [-0.05, 0) is 31.0 Å². The van der Waals surface area contributed by atoms with Crippen molar-refractivity contribution in [1.29, 1.82) is 0 Å². The normalized spacial score (nSPS) is 18.0. The van der Waals surface area contributed by atoms with Crippen LogP contribution in [0.1, 0.15) is 42.5 Å². The summed E-state index contributed by atoms with van der Waals surface area (Å²) in [6.07, 6.45) is 5.53. The standard InChI is InChI=1S/C15H20BrNO2/c16-13-6-4-5-12(9-13)14(19)17-10-15(11-18)7-2-1-3-8-15/h4-6,9,18H,1-3,7-8,10-11H2,(H,17,19). The molecule has 4 heteroatoms. The highest BCUT2D eigenvalue weighted by Crippen LogP contribution is 2.35. The lowest BCUT2D eigenvalue weighted by Crippen LogP contribution is -2.41. The maximum atomic E-state index is 12.1. The van der Waals surface area contributed by atoms with Crippen LogP contribution in [0.5, 0.6) is 0 Å². The monoisotopic (exact) mass is 325 g/mol. The lowest BCUT2D eigenvalue weighted by molar-refractivity contribution is 0.0718. The first-order chi connectivity index (χ1) is 9.15. The molecule has 2 rings (SSSR count). The van der Waals surface area contributed by atoms with Crippen molar-refractivity contribution in [1.82, 2.24) is 5.32 Å². The van der Waals surface area contributed by atoms with E-state index in [9.17, 15) is 9.90 Å². The van der Waals surface area contributed by atoms with Gasteiger partial charge in [0.2, 0.25) is 0 Å². The summed E-state index contributed by atoms with van der Waals surface area (Å²) < 4.78 is 0.898. The molecule has 0 heterocycles. The van der Waals surface area contributed by atoms with Crippen LogP contribution in [0, 0.1) is 5.41 Å². The number of hydrogen-bond donors (Lipinski definition) is 2. The van der Waals surface area contributed by atoms with Gasteiger partial charge in [-0.25, -0.2) is 0 Å². The molecule has 2 N–H and O–H groups in total. The summed E-state index contributed by atoms with van der Waals surface area (Å²) in [4.78, 5) is 12.1. The van der Waals surface area contributed by atoms with Gasteiger partial charge in [0, 0.05) is 22.0 Å². The predicted octanol–water partition coefficient (Wildman–Crippen LogP) is 3.12. The zero-order valence-corrected chi connectivity index (χ0v) is 12.6. The Balaban J connectivity index is 1.95. The molecule has 104 valence electrons. The molecule has 1 aromatic carbocycles. The number of rotatable bonds is 4. The molecule has 0 aliphatic heterocycles. The number of benzene rings is 1. The van der Waals surface area contributed by atoms with Crippen molar-refractivity contribution in [2.75, 3.05) is 13.2 Å². The number of carbonyl (C=O) groups excluding carboxylic acids is 1. The van der Waals surface area contributed by atoms with Gasteiger partial charge in [0.05, 0.1) is 6.61 Å². The third-order valence-electron chi connectivity index (χ3n) is 3.96. The number of halogens is 1. The minimum atomic E-state index is -0.111. The van der Waals surface area contributed by atoms with Crippen molar-refractivity contribution in [2.45, 2.75) is 32.1 Å². The SMILES string of the molecule is O=C(NCC1(CO)CCCCC1)c1cccc(Br)c1. The third-order valence-corrected chi connectivity index (χ3v) is 4.45. The van der Waals surface area contributed by atoms with Crippen LogP contribution >= 0.6 is 15.9 Å². The Bertz CT molecular complexity index is 442. The average Bonchev–Trinajstić information content (AvgIpc) is 2.46. The van der Waals surface area contributed by atoms with Crippen molar-refractivity contribution in [3.05, 3.63) is 34.3 Å². The van der Waals surface area contributed by atoms with E-state index in [-0.39, 0.29) is 17.9 Å². The van der Waals surface area contributed by atoms with Crippen LogP contribution in [0.25, 0.3) is 0 Å². The van der Waals surface area contributed by atoms with Crippen molar-refractivity contribution in [3.63, 3.8) is 0 Å². The fraction of sp³-hybridized carbons (Fsp3) is 0.533. The minimum absolute atomic E-state index is 0.0697. The van der Waals surface area contributed by atoms with Crippen molar-refractivity contribution in [3.8, 4) is 0 Å². The van der Waals surface area contributed by atoms with Gasteiger partial charge in [-0.2, -0.15) is 0 Å². The number of aliphatic hydroxyl groups excluding tert-OH is 1. The molecular weight excluding hydrogens is 306 g/mol. The number of nitrogens with one attached hydrogen (secondary N) is 1. The van der Waals surface area contributed by atoms with Gasteiger partial charge in [-0.3, -0.25) is 4.79 Å². The molecule has 0 unspecified atom stereocenters. The lowest BCUT2D eigenvalue weighted by atomic mass is 9.74. The topological polar surface area (TPSA) is 49.3 Å². The Morgan fingerprint density at radius 1 is 1.32 bits per heavy atom. The molecule has 1 saturated carbocycles. The van der Waals surface area contributed by atoms with Gasteiger partial charge in [-0.15, -0.1) is 0 Å². The maximum absolute atomic E-state index is 12.1. The van der Waals surface area contributed by atoms with Crippen molar-refractivity contribution < 1.29 is 9.90 Å². The number of hydrogen-bond acceptors (Lipinski definition) is 2. The summed E-state index contributed by atoms with van der Waals surface area (Å²) in [6, 6.07) is 7.35. The van der Waals surface area contributed by atoms with E-state index in [1.165, 1.54) is 6.42 Å². The Labute approximate surface area is 122 Å². The van der Waals surface area contributed by atoms with Crippen LogP contribution in [-0.4, -0.2) is 24.2 Å². The smallest absolute Gasteiger partial charge is 0.251 e. The second-order valence-electron chi connectivity index (χ2n) is 5.41. The summed E-state index contributed by atoms with van der Waals surface area (Å²) in [7, 11) is 0. The fourth-order valence-corrected chi connectivity index (χ4v) is 3.09. The lowest BCUT2D eigenvalue weighted by Gasteiger charge is -2.35. The number of carbonyl (C=O) groups is 1. The number of aliphatic hydroxyl groups is 1. The molecule has 0 radical (unpaired) electrons. The molecule has 0 aromatic heterocycles. The van der Waals surface area contributed by atoms with Crippen LogP contribution in [-0.2, 0) is 0 Å². The Morgan fingerprint density at radius 2 is 2.05 bits per heavy atom. The first-order valence-electron chi connectivity index (χ1n) is 6.80. The largest absolute Gasteiger partial charge is 0.396 e. The first kappa shape index (κ1) is 14.5. The molecule has 19 heavy (non-hydrogen) atoms. The summed E-state index contributed by atoms with van der Waals surface area (Å²) in [5.74, 6) is -0.0697. The van der Waals surface area contributed by atoms with E-state index in [1.54, 1.807) is 6.07 Å². The van der Waals surface area contributed by atoms with E-state index < -0.39 is 0 Å². The van der Waals surface area contributed by atoms with Crippen LogP contribution in [0.2, 0.25) is 0 Å². The van der Waals surface area contributed by atoms with E-state index in [4.69, 9.17) is 0 Å². The highest BCUT2D eigenvalue weighted by molar-refractivity contribution is 9.10. The molecule has 1 aliphatic rings. The van der Waals surface area contributed by atoms with Crippen LogP contribution in [0.4, 0.5) is 0 Å². The molecule has 0 atom stereocenters. The van der Waals surface area contributed by atoms with E-state index >= 15 is 0 Å². The summed E-state index contributed by atoms with van der Waals surface area (Å²) in [6.45, 7) is 0.723. The fourth-order valence-electron chi connectivity index (χ4n) is 2.69. The number of amides is 1. The highest BCUT2D eigenvalue weighted by atomic mass is 79.9. The van der Waals surface area contributed by atoms with E-state index in [0.717, 1.165) is 30.2 Å². The maximum Gasteiger partial charge on any atom is 0.251 e. The average molecular weight is 326 g/mol. The van der Waals surface area contributed by atoms with E-state index in [1.807, 2.05) is 18.2 Å². The van der Waals surface area contributed by atoms with Gasteiger partial charge in [0.15, 0.2) is 0 Å². The summed E-state index contributed by atoms with van der Waals surface area (Å²) in [5, 5.41) is 12.6. The predicted molar refractivity (Wildman–Crippen MR) is 79.1 cm³/mol. The van der Waals surface area contributed by atoms with Crippen LogP contribution in [0.3, 0.4) is 0 Å². The summed E-state index contributed by atoms with van der Waals surface area (Å²) in [5.41, 5.74) is 0.540. The minimum Gasteiger partial charge on any atom is -0.396 e. The van der Waals surface area contributed by atoms with Gasteiger partial charge in [0.1, 0.15) is 0 Å². The molecule has 1 aromatic rings. The molecule has 1 fully saturated rings. The summed E-state index contributed by atoms with van der Waals surface area (Å²) >= 11 is 3.36. The zero-order chi connectivity index (χ0) is 13.7. The van der Waals surface area contributed by atoms with Crippen molar-refractivity contribution >= 4 is 21.8 Å². The van der Waals surface area contributed by atoms with Gasteiger partial charge >= 0.3 is 0 Å². The molecule has 0 spiro atoms. The van der Waals surface area contributed by atoms with Gasteiger partial charge in [-0.1, -0.05) is 41.3 Å². The van der Waals surface area contributed by atoms with Gasteiger partial charge < -0.3 is 10.4 Å². The molecule has 0 saturated heterocycles. The molecular formula is C15H20BrNO2. The van der Waals surface area contributed by atoms with Crippen LogP contribution < -0.4 is 5.32 Å². The Morgan fingerprint density at radius 3 is 2.68 bits per heavy atom. The van der Waals surface area contributed by atoms with Gasteiger partial charge in [0.25, 0.3) is 5.91 Å². The van der Waals surface area contributed by atoms with Crippen molar-refractivity contribution in [2.24, 2.45) is 5.41 Å². The Hall–Kier alpha value is -0.870. The van der Waals surface area contributed by atoms with E-state index in [0.29, 0.717) is 12.1 Å². The zero-order valence-electron chi connectivity index (χ0n) is 11.0. The Kier molecular flexibility index (Phi) is 4.99. The molecule has 1 aliphatic carbocycles. The quantitative estimate of drug-likeness (QED) is 0.893. The van der Waals surface area contributed by atoms with Crippen LogP contribution in [0.15, 0.2) is 28.7 Å². The second kappa shape index (κ2) is 6.53. The third kappa shape index (κ3) is 3.80. The van der Waals surface area contributed by atoms with E-state index in [2.05, 4.69) is 21.2 Å².